The van der Waals surface area contributed by atoms with Crippen molar-refractivity contribution >= 4 is 33.0 Å². The van der Waals surface area contributed by atoms with Crippen molar-refractivity contribution in [3.63, 3.8) is 0 Å². The predicted octanol–water partition coefficient (Wildman–Crippen LogP) is 2.17. The lowest BCUT2D eigenvalue weighted by molar-refractivity contribution is 0.0702. The maximum Gasteiger partial charge on any atom is 0.345 e. The van der Waals surface area contributed by atoms with E-state index in [-0.39, 0.29) is 9.77 Å². The number of carboxylic acid groups (broad SMARTS) is 1. The summed E-state index contributed by atoms with van der Waals surface area (Å²) < 4.78 is 29.2. The monoisotopic (exact) mass is 341 g/mol. The van der Waals surface area contributed by atoms with Gasteiger partial charge >= 0.3 is 5.97 Å². The molecule has 2 heterocycles. The Balaban J connectivity index is 1.95. The summed E-state index contributed by atoms with van der Waals surface area (Å²) in [5, 5.41) is 13.3. The molecule has 0 atom stereocenters. The molecule has 118 valence electrons. The molecule has 1 aliphatic rings. The molecule has 0 amide bonds. The van der Waals surface area contributed by atoms with E-state index in [1.54, 1.807) is 24.9 Å². The van der Waals surface area contributed by atoms with Crippen LogP contribution in [-0.4, -0.2) is 29.3 Å². The Hall–Kier alpha value is -1.87. The highest BCUT2D eigenvalue weighted by atomic mass is 32.2. The number of hydrogen-bond acceptors (Lipinski definition) is 5. The van der Waals surface area contributed by atoms with Gasteiger partial charge in [0.2, 0.25) is 0 Å². The van der Waals surface area contributed by atoms with Crippen LogP contribution in [0.1, 0.15) is 39.0 Å². The van der Waals surface area contributed by atoms with Crippen molar-refractivity contribution in [2.75, 3.05) is 4.72 Å². The van der Waals surface area contributed by atoms with Gasteiger partial charge in [0.15, 0.2) is 0 Å². The number of nitrogens with zero attached hydrogens (tertiary/aromatic N) is 2. The summed E-state index contributed by atoms with van der Waals surface area (Å²) in [6, 6.07) is 1.19. The average molecular weight is 341 g/mol. The Labute approximate surface area is 131 Å². The molecule has 0 aromatic carbocycles. The molecule has 0 bridgehead atoms. The first kappa shape index (κ1) is 15.0. The molecule has 2 aromatic heterocycles. The van der Waals surface area contributed by atoms with Gasteiger partial charge < -0.3 is 5.11 Å². The van der Waals surface area contributed by atoms with E-state index in [1.807, 2.05) is 0 Å². The number of sulfonamides is 1. The van der Waals surface area contributed by atoms with E-state index in [2.05, 4.69) is 9.82 Å². The van der Waals surface area contributed by atoms with Gasteiger partial charge in [-0.25, -0.2) is 13.2 Å². The van der Waals surface area contributed by atoms with Crippen molar-refractivity contribution in [3.05, 3.63) is 27.7 Å². The first-order chi connectivity index (χ1) is 10.3. The topological polar surface area (TPSA) is 101 Å². The zero-order chi connectivity index (χ0) is 16.1. The second-order valence-corrected chi connectivity index (χ2v) is 8.22. The number of aryl methyl sites for hydroxylation is 2. The second kappa shape index (κ2) is 5.10. The van der Waals surface area contributed by atoms with Crippen LogP contribution in [0.2, 0.25) is 0 Å². The first-order valence-corrected chi connectivity index (χ1v) is 8.98. The van der Waals surface area contributed by atoms with Gasteiger partial charge in [-0.1, -0.05) is 0 Å². The van der Waals surface area contributed by atoms with E-state index in [0.29, 0.717) is 16.5 Å². The molecule has 9 heteroatoms. The van der Waals surface area contributed by atoms with Crippen LogP contribution in [0.4, 0.5) is 5.69 Å². The minimum atomic E-state index is -3.83. The minimum Gasteiger partial charge on any atom is -0.477 e. The van der Waals surface area contributed by atoms with Crippen molar-refractivity contribution in [3.8, 4) is 0 Å². The van der Waals surface area contributed by atoms with Crippen LogP contribution in [0.25, 0.3) is 0 Å². The van der Waals surface area contributed by atoms with Crippen LogP contribution in [0.3, 0.4) is 0 Å². The Bertz CT molecular complexity index is 847. The van der Waals surface area contributed by atoms with Crippen molar-refractivity contribution in [2.24, 2.45) is 7.05 Å². The van der Waals surface area contributed by atoms with Crippen LogP contribution in [0.15, 0.2) is 17.2 Å². The molecule has 1 saturated carbocycles. The molecule has 7 nitrogen and oxygen atoms in total. The zero-order valence-electron chi connectivity index (χ0n) is 12.0. The largest absolute Gasteiger partial charge is 0.477 e. The van der Waals surface area contributed by atoms with Crippen LogP contribution in [0.5, 0.6) is 0 Å². The SMILES string of the molecule is Cc1sc(C(=O)O)cc1S(=O)(=O)Nc1cn(C)nc1C1CC1. The Morgan fingerprint density at radius 3 is 2.73 bits per heavy atom. The molecule has 1 fully saturated rings. The van der Waals surface area contributed by atoms with Gasteiger partial charge in [-0.15, -0.1) is 11.3 Å². The Morgan fingerprint density at radius 1 is 1.50 bits per heavy atom. The maximum absolute atomic E-state index is 12.5. The zero-order valence-corrected chi connectivity index (χ0v) is 13.7. The van der Waals surface area contributed by atoms with Gasteiger partial charge in [0.05, 0.1) is 11.4 Å². The second-order valence-electron chi connectivity index (χ2n) is 5.32. The third-order valence-corrected chi connectivity index (χ3v) is 6.10. The molecule has 22 heavy (non-hydrogen) atoms. The van der Waals surface area contributed by atoms with Gasteiger partial charge in [-0.05, 0) is 25.8 Å². The third kappa shape index (κ3) is 2.73. The van der Waals surface area contributed by atoms with E-state index < -0.39 is 16.0 Å². The number of hydrogen-bond donors (Lipinski definition) is 2. The third-order valence-electron chi connectivity index (χ3n) is 3.44. The lowest BCUT2D eigenvalue weighted by Crippen LogP contribution is -2.13. The fourth-order valence-corrected chi connectivity index (χ4v) is 4.77. The summed E-state index contributed by atoms with van der Waals surface area (Å²) in [4.78, 5) is 11.4. The van der Waals surface area contributed by atoms with Crippen molar-refractivity contribution in [1.29, 1.82) is 0 Å². The van der Waals surface area contributed by atoms with Crippen molar-refractivity contribution in [2.45, 2.75) is 30.6 Å². The smallest absolute Gasteiger partial charge is 0.345 e. The van der Waals surface area contributed by atoms with E-state index >= 15 is 0 Å². The Kier molecular flexibility index (Phi) is 3.48. The van der Waals surface area contributed by atoms with Crippen LogP contribution < -0.4 is 4.72 Å². The number of aromatic carboxylic acids is 1. The molecule has 2 N–H and O–H groups in total. The molecule has 0 spiro atoms. The molecular formula is C13H15N3O4S2. The number of nitrogens with one attached hydrogen (secondary N) is 1. The van der Waals surface area contributed by atoms with E-state index in [4.69, 9.17) is 5.11 Å². The fourth-order valence-electron chi connectivity index (χ4n) is 2.28. The highest BCUT2D eigenvalue weighted by Crippen LogP contribution is 2.43. The van der Waals surface area contributed by atoms with Crippen LogP contribution >= 0.6 is 11.3 Å². The van der Waals surface area contributed by atoms with Gasteiger partial charge in [0.25, 0.3) is 10.0 Å². The normalized spacial score (nSPS) is 15.0. The molecule has 2 aromatic rings. The Morgan fingerprint density at radius 2 is 2.18 bits per heavy atom. The maximum atomic E-state index is 12.5. The molecule has 0 unspecified atom stereocenters. The standard InChI is InChI=1S/C13H15N3O4S2/c1-7-11(5-10(21-7)13(17)18)22(19,20)15-9-6-16(2)14-12(9)8-3-4-8/h5-6,8,15H,3-4H2,1-2H3,(H,17,18). The number of thiophene rings is 1. The van der Waals surface area contributed by atoms with Crippen LogP contribution in [-0.2, 0) is 17.1 Å². The molecule has 0 saturated heterocycles. The van der Waals surface area contributed by atoms with E-state index in [9.17, 15) is 13.2 Å². The molecular weight excluding hydrogens is 326 g/mol. The number of anilines is 1. The van der Waals surface area contributed by atoms with Gasteiger partial charge in [-0.2, -0.15) is 5.10 Å². The summed E-state index contributed by atoms with van der Waals surface area (Å²) >= 11 is 0.948. The number of carboxylic acids is 1. The van der Waals surface area contributed by atoms with Gasteiger partial charge in [0.1, 0.15) is 9.77 Å². The summed E-state index contributed by atoms with van der Waals surface area (Å²) in [6.45, 7) is 1.59. The fraction of sp³-hybridized carbons (Fsp3) is 0.385. The summed E-state index contributed by atoms with van der Waals surface area (Å²) in [7, 11) is -2.09. The number of carbonyl (C=O) groups is 1. The average Bonchev–Trinajstić information content (AvgIpc) is 3.07. The van der Waals surface area contributed by atoms with Crippen LogP contribution in [0, 0.1) is 6.92 Å². The van der Waals surface area contributed by atoms with E-state index in [0.717, 1.165) is 29.9 Å². The van der Waals surface area contributed by atoms with Crippen molar-refractivity contribution < 1.29 is 18.3 Å². The first-order valence-electron chi connectivity index (χ1n) is 6.68. The highest BCUT2D eigenvalue weighted by molar-refractivity contribution is 7.93. The molecule has 0 radical (unpaired) electrons. The lowest BCUT2D eigenvalue weighted by Gasteiger charge is -2.07. The molecule has 1 aliphatic carbocycles. The number of aromatic nitrogens is 2. The summed E-state index contributed by atoms with van der Waals surface area (Å²) in [5.74, 6) is -0.827. The predicted molar refractivity (Wildman–Crippen MR) is 82.0 cm³/mol. The minimum absolute atomic E-state index is 0.000463. The van der Waals surface area contributed by atoms with Gasteiger partial charge in [-0.3, -0.25) is 9.40 Å². The number of rotatable bonds is 5. The molecule has 0 aliphatic heterocycles. The summed E-state index contributed by atoms with van der Waals surface area (Å²) in [5.41, 5.74) is 1.21. The van der Waals surface area contributed by atoms with Gasteiger partial charge in [0, 0.05) is 24.0 Å². The molecule has 3 rings (SSSR count). The van der Waals surface area contributed by atoms with E-state index in [1.165, 1.54) is 6.07 Å². The lowest BCUT2D eigenvalue weighted by atomic mass is 10.3. The van der Waals surface area contributed by atoms with Crippen molar-refractivity contribution in [1.82, 2.24) is 9.78 Å². The summed E-state index contributed by atoms with van der Waals surface area (Å²) in [6.07, 6.45) is 3.64. The highest BCUT2D eigenvalue weighted by Gasteiger charge is 2.31. The quantitative estimate of drug-likeness (QED) is 0.868.